The molecule has 7 rings (SSSR count). The fourth-order valence-corrected chi connectivity index (χ4v) is 7.61. The lowest BCUT2D eigenvalue weighted by molar-refractivity contribution is 0.146. The molecule has 1 aliphatic rings. The molecule has 2 heterocycles. The summed E-state index contributed by atoms with van der Waals surface area (Å²) in [5, 5.41) is 0. The van der Waals surface area contributed by atoms with E-state index in [1.54, 1.807) is 0 Å². The molecule has 4 nitrogen and oxygen atoms in total. The third-order valence-electron chi connectivity index (χ3n) is 10.4. The maximum absolute atomic E-state index is 7.16. The Kier molecular flexibility index (Phi) is 9.65. The molecule has 0 spiro atoms. The number of aryl methyl sites for hydroxylation is 2. The normalized spacial score (nSPS) is 17.0. The van der Waals surface area contributed by atoms with E-state index in [9.17, 15) is 0 Å². The first-order chi connectivity index (χ1) is 25.4. The topological polar surface area (TPSA) is 44.2 Å². The summed E-state index contributed by atoms with van der Waals surface area (Å²) in [5.74, 6) is 2.34. The number of hydrogen-bond acceptors (Lipinski definition) is 4. The zero-order valence-electron chi connectivity index (χ0n) is 31.9. The van der Waals surface area contributed by atoms with Crippen molar-refractivity contribution in [2.45, 2.75) is 71.3 Å². The molecule has 0 fully saturated rings. The van der Waals surface area contributed by atoms with Gasteiger partial charge in [-0.1, -0.05) is 93.6 Å². The van der Waals surface area contributed by atoms with Crippen LogP contribution in [0.4, 0.5) is 0 Å². The molecule has 1 aliphatic carbocycles. The van der Waals surface area contributed by atoms with Gasteiger partial charge in [0.25, 0.3) is 0 Å². The Bertz CT molecular complexity index is 2280. The molecule has 6 aromatic rings. The number of hydrogen-bond donors (Lipinski definition) is 0. The molecule has 0 saturated heterocycles. The van der Waals surface area contributed by atoms with Crippen LogP contribution in [-0.2, 0) is 10.8 Å². The van der Waals surface area contributed by atoms with Crippen molar-refractivity contribution in [2.24, 2.45) is 0 Å². The van der Waals surface area contributed by atoms with Crippen LogP contribution in [0, 0.1) is 13.8 Å². The molecule has 2 atom stereocenters. The van der Waals surface area contributed by atoms with E-state index in [1.165, 1.54) is 27.8 Å². The van der Waals surface area contributed by atoms with E-state index < -0.39 is 11.0 Å². The summed E-state index contributed by atoms with van der Waals surface area (Å²) in [6.45, 7) is 15.5. The van der Waals surface area contributed by atoms with Crippen LogP contribution in [-0.4, -0.2) is 15.6 Å². The zero-order chi connectivity index (χ0) is 37.2. The van der Waals surface area contributed by atoms with Gasteiger partial charge in [-0.3, -0.25) is 9.97 Å². The molecular weight excluding hydrogens is 649 g/mol. The SMILES string of the molecule is Cc1cccc(C)c1C1=CC(c2cc(C(C)(C)C)ccn2)=CC(C)(Oc2cccc(C(C)(c3ccccn3)c3ccccc3Oc3ccccc3)c2)C1. The van der Waals surface area contributed by atoms with Crippen molar-refractivity contribution in [2.75, 3.05) is 0 Å². The zero-order valence-corrected chi connectivity index (χ0v) is 31.9. The smallest absolute Gasteiger partial charge is 0.131 e. The fourth-order valence-electron chi connectivity index (χ4n) is 7.61. The first-order valence-corrected chi connectivity index (χ1v) is 18.4. The average molecular weight is 697 g/mol. The quantitative estimate of drug-likeness (QED) is 0.151. The number of rotatable bonds is 9. The highest BCUT2D eigenvalue weighted by Gasteiger charge is 2.37. The first kappa shape index (κ1) is 35.7. The molecule has 0 N–H and O–H groups in total. The van der Waals surface area contributed by atoms with Gasteiger partial charge in [-0.05, 0) is 133 Å². The Labute approximate surface area is 314 Å². The third kappa shape index (κ3) is 7.45. The second kappa shape index (κ2) is 14.4. The van der Waals surface area contributed by atoms with Gasteiger partial charge >= 0.3 is 0 Å². The van der Waals surface area contributed by atoms with Crippen molar-refractivity contribution >= 4 is 11.1 Å². The molecule has 0 radical (unpaired) electrons. The lowest BCUT2D eigenvalue weighted by Crippen LogP contribution is -2.33. The molecule has 53 heavy (non-hydrogen) atoms. The molecular formula is C49H48N2O2. The second-order valence-electron chi connectivity index (χ2n) is 15.6. The van der Waals surface area contributed by atoms with Crippen LogP contribution in [0.3, 0.4) is 0 Å². The molecule has 4 heteroatoms. The summed E-state index contributed by atoms with van der Waals surface area (Å²) in [7, 11) is 0. The summed E-state index contributed by atoms with van der Waals surface area (Å²) < 4.78 is 13.7. The summed E-state index contributed by atoms with van der Waals surface area (Å²) in [6.07, 6.45) is 9.06. The van der Waals surface area contributed by atoms with Crippen LogP contribution in [0.1, 0.15) is 85.8 Å². The van der Waals surface area contributed by atoms with Crippen molar-refractivity contribution in [1.82, 2.24) is 9.97 Å². The van der Waals surface area contributed by atoms with E-state index in [2.05, 4.69) is 133 Å². The number of pyridine rings is 2. The van der Waals surface area contributed by atoms with Gasteiger partial charge in [0.05, 0.1) is 16.8 Å². The second-order valence-corrected chi connectivity index (χ2v) is 15.6. The molecule has 0 amide bonds. The van der Waals surface area contributed by atoms with E-state index in [0.29, 0.717) is 6.42 Å². The summed E-state index contributed by atoms with van der Waals surface area (Å²) >= 11 is 0. The fraction of sp³-hybridized carbons (Fsp3) is 0.224. The Balaban J connectivity index is 1.32. The molecule has 2 unspecified atom stereocenters. The van der Waals surface area contributed by atoms with Gasteiger partial charge < -0.3 is 9.47 Å². The Morgan fingerprint density at radius 1 is 0.642 bits per heavy atom. The van der Waals surface area contributed by atoms with Crippen LogP contribution in [0.5, 0.6) is 17.2 Å². The molecule has 0 aliphatic heterocycles. The monoisotopic (exact) mass is 696 g/mol. The standard InChI is InChI=1S/C49H48N2O2/c1-34-17-15-18-35(2)46(34)37-29-36(43-31-38(26-28-50-43)47(3,4)5)32-48(6,33-37)53-41-22-16-19-39(30-41)49(7,45-25-13-14-27-51-45)42-23-11-12-24-44(42)52-40-20-9-8-10-21-40/h8-32H,33H2,1-7H3. The molecule has 4 aromatic carbocycles. The first-order valence-electron chi connectivity index (χ1n) is 18.4. The molecule has 2 aromatic heterocycles. The van der Waals surface area contributed by atoms with E-state index in [-0.39, 0.29) is 5.41 Å². The summed E-state index contributed by atoms with van der Waals surface area (Å²) in [5.41, 5.74) is 9.90. The molecule has 0 bridgehead atoms. The number of allylic oxidation sites excluding steroid dienone is 2. The maximum atomic E-state index is 7.16. The van der Waals surface area contributed by atoms with Crippen LogP contribution in [0.15, 0.2) is 152 Å². The minimum Gasteiger partial charge on any atom is -0.483 e. The van der Waals surface area contributed by atoms with E-state index in [4.69, 9.17) is 19.4 Å². The van der Waals surface area contributed by atoms with Crippen molar-refractivity contribution < 1.29 is 9.47 Å². The van der Waals surface area contributed by atoms with Gasteiger partial charge in [-0.25, -0.2) is 0 Å². The van der Waals surface area contributed by atoms with Gasteiger partial charge in [0.1, 0.15) is 22.8 Å². The van der Waals surface area contributed by atoms with Gasteiger partial charge in [0.2, 0.25) is 0 Å². The highest BCUT2D eigenvalue weighted by Crippen LogP contribution is 2.45. The highest BCUT2D eigenvalue weighted by molar-refractivity contribution is 5.88. The van der Waals surface area contributed by atoms with E-state index >= 15 is 0 Å². The lowest BCUT2D eigenvalue weighted by Gasteiger charge is -2.35. The average Bonchev–Trinajstić information content (AvgIpc) is 3.15. The number of nitrogens with zero attached hydrogens (tertiary/aromatic N) is 2. The minimum atomic E-state index is -0.666. The van der Waals surface area contributed by atoms with Gasteiger partial charge in [-0.15, -0.1) is 0 Å². The molecule has 0 saturated carbocycles. The van der Waals surface area contributed by atoms with Gasteiger partial charge in [0.15, 0.2) is 0 Å². The Hall–Kier alpha value is -5.74. The number of aromatic nitrogens is 2. The summed E-state index contributed by atoms with van der Waals surface area (Å²) in [4.78, 5) is 9.80. The van der Waals surface area contributed by atoms with Gasteiger partial charge in [0, 0.05) is 30.0 Å². The number of ether oxygens (including phenoxy) is 2. The van der Waals surface area contributed by atoms with Gasteiger partial charge in [-0.2, -0.15) is 0 Å². The van der Waals surface area contributed by atoms with Crippen molar-refractivity contribution in [1.29, 1.82) is 0 Å². The van der Waals surface area contributed by atoms with Crippen molar-refractivity contribution in [3.8, 4) is 17.2 Å². The number of benzene rings is 4. The van der Waals surface area contributed by atoms with E-state index in [1.807, 2.05) is 67.0 Å². The Morgan fingerprint density at radius 3 is 2.08 bits per heavy atom. The van der Waals surface area contributed by atoms with Crippen LogP contribution < -0.4 is 9.47 Å². The van der Waals surface area contributed by atoms with Crippen molar-refractivity contribution in [3.05, 3.63) is 197 Å². The highest BCUT2D eigenvalue weighted by atomic mass is 16.5. The Morgan fingerprint density at radius 2 is 1.34 bits per heavy atom. The predicted octanol–water partition coefficient (Wildman–Crippen LogP) is 12.2. The largest absolute Gasteiger partial charge is 0.483 e. The number of para-hydroxylation sites is 2. The van der Waals surface area contributed by atoms with Crippen LogP contribution in [0.2, 0.25) is 0 Å². The third-order valence-corrected chi connectivity index (χ3v) is 10.4. The maximum Gasteiger partial charge on any atom is 0.131 e. The predicted molar refractivity (Wildman–Crippen MR) is 218 cm³/mol. The molecule has 266 valence electrons. The van der Waals surface area contributed by atoms with Crippen LogP contribution >= 0.6 is 0 Å². The van der Waals surface area contributed by atoms with E-state index in [0.717, 1.165) is 45.3 Å². The van der Waals surface area contributed by atoms with Crippen molar-refractivity contribution in [3.63, 3.8) is 0 Å². The lowest BCUT2D eigenvalue weighted by atomic mass is 9.73. The van der Waals surface area contributed by atoms with Crippen LogP contribution in [0.25, 0.3) is 11.1 Å². The summed E-state index contributed by atoms with van der Waals surface area (Å²) in [6, 6.07) is 43.6. The minimum absolute atomic E-state index is 0.00265.